The third kappa shape index (κ3) is 3.86. The first kappa shape index (κ1) is 21.0. The summed E-state index contributed by atoms with van der Waals surface area (Å²) in [5, 5.41) is 17.6. The summed E-state index contributed by atoms with van der Waals surface area (Å²) in [5.74, 6) is -1.96. The normalized spacial score (nSPS) is 11.6. The van der Waals surface area contributed by atoms with Crippen LogP contribution >= 0.6 is 11.3 Å². The number of aryl methyl sites for hydroxylation is 1. The number of nitrogens with zero attached hydrogens (tertiary/aromatic N) is 3. The molecule has 0 fully saturated rings. The van der Waals surface area contributed by atoms with Gasteiger partial charge in [0.2, 0.25) is 5.91 Å². The van der Waals surface area contributed by atoms with E-state index in [0.29, 0.717) is 5.56 Å². The van der Waals surface area contributed by atoms with Gasteiger partial charge >= 0.3 is 17.6 Å². The third-order valence-corrected chi connectivity index (χ3v) is 5.19. The number of hydrogen-bond donors (Lipinski definition) is 1. The van der Waals surface area contributed by atoms with Crippen LogP contribution in [0.1, 0.15) is 44.3 Å². The van der Waals surface area contributed by atoms with Gasteiger partial charge in [0.15, 0.2) is 0 Å². The molecular weight excluding hydrogens is 392 g/mol. The SMILES string of the molecule is COC(=O)c1sc(NC(=O)C(C)n2cc([N+](=O)[O-])c(C)n2)c(C(=O)OC)c1C. The number of anilines is 1. The van der Waals surface area contributed by atoms with Gasteiger partial charge in [0.05, 0.1) is 24.7 Å². The maximum Gasteiger partial charge on any atom is 0.348 e. The Bertz CT molecular complexity index is 963. The van der Waals surface area contributed by atoms with Crippen molar-refractivity contribution >= 4 is 39.9 Å². The van der Waals surface area contributed by atoms with Crippen LogP contribution in [0.25, 0.3) is 0 Å². The highest BCUT2D eigenvalue weighted by molar-refractivity contribution is 7.18. The lowest BCUT2D eigenvalue weighted by molar-refractivity contribution is -0.385. The van der Waals surface area contributed by atoms with E-state index in [4.69, 9.17) is 4.74 Å². The number of aromatic nitrogens is 2. The van der Waals surface area contributed by atoms with Gasteiger partial charge in [-0.2, -0.15) is 5.10 Å². The van der Waals surface area contributed by atoms with Gasteiger partial charge in [-0.3, -0.25) is 19.6 Å². The first-order chi connectivity index (χ1) is 13.1. The predicted molar refractivity (Wildman–Crippen MR) is 98.7 cm³/mol. The largest absolute Gasteiger partial charge is 0.465 e. The minimum atomic E-state index is -0.915. The van der Waals surface area contributed by atoms with Gasteiger partial charge in [-0.05, 0) is 26.3 Å². The molecule has 0 aliphatic heterocycles. The van der Waals surface area contributed by atoms with Crippen LogP contribution in [0.3, 0.4) is 0 Å². The van der Waals surface area contributed by atoms with Crippen LogP contribution in [0.4, 0.5) is 10.7 Å². The molecule has 1 N–H and O–H groups in total. The third-order valence-electron chi connectivity index (χ3n) is 4.01. The Hall–Kier alpha value is -3.28. The van der Waals surface area contributed by atoms with Gasteiger partial charge in [-0.15, -0.1) is 11.3 Å². The van der Waals surface area contributed by atoms with Gasteiger partial charge < -0.3 is 14.8 Å². The number of carbonyl (C=O) groups excluding carboxylic acids is 3. The number of nitrogens with one attached hydrogen (secondary N) is 1. The van der Waals surface area contributed by atoms with E-state index in [2.05, 4.69) is 15.2 Å². The highest BCUT2D eigenvalue weighted by Crippen LogP contribution is 2.34. The summed E-state index contributed by atoms with van der Waals surface area (Å²) in [4.78, 5) is 47.2. The van der Waals surface area contributed by atoms with Crippen LogP contribution in [0.15, 0.2) is 6.20 Å². The van der Waals surface area contributed by atoms with Crippen LogP contribution in [0.5, 0.6) is 0 Å². The number of hydrogen-bond acceptors (Lipinski definition) is 9. The molecule has 12 heteroatoms. The fourth-order valence-electron chi connectivity index (χ4n) is 2.42. The summed E-state index contributed by atoms with van der Waals surface area (Å²) < 4.78 is 10.6. The minimum absolute atomic E-state index is 0.0380. The summed E-state index contributed by atoms with van der Waals surface area (Å²) in [6.07, 6.45) is 1.15. The molecule has 2 aromatic heterocycles. The molecule has 150 valence electrons. The van der Waals surface area contributed by atoms with Gasteiger partial charge in [-0.25, -0.2) is 9.59 Å². The number of esters is 2. The number of ether oxygens (including phenoxy) is 2. The summed E-state index contributed by atoms with van der Waals surface area (Å²) in [5.41, 5.74) is 0.308. The smallest absolute Gasteiger partial charge is 0.348 e. The highest BCUT2D eigenvalue weighted by Gasteiger charge is 2.29. The van der Waals surface area contributed by atoms with Crippen LogP contribution in [-0.2, 0) is 14.3 Å². The number of thiophene rings is 1. The molecule has 0 bridgehead atoms. The zero-order valence-electron chi connectivity index (χ0n) is 15.8. The Morgan fingerprint density at radius 2 is 1.86 bits per heavy atom. The average Bonchev–Trinajstić information content (AvgIpc) is 3.20. The molecule has 2 heterocycles. The maximum absolute atomic E-state index is 12.6. The van der Waals surface area contributed by atoms with Crippen molar-refractivity contribution in [3.63, 3.8) is 0 Å². The number of methoxy groups -OCH3 is 2. The van der Waals surface area contributed by atoms with Crippen LogP contribution in [0.2, 0.25) is 0 Å². The predicted octanol–water partition coefficient (Wildman–Crippen LogP) is 2.24. The van der Waals surface area contributed by atoms with E-state index >= 15 is 0 Å². The van der Waals surface area contributed by atoms with Crippen molar-refractivity contribution in [1.29, 1.82) is 0 Å². The second kappa shape index (κ2) is 8.17. The molecule has 2 rings (SSSR count). The van der Waals surface area contributed by atoms with Crippen LogP contribution < -0.4 is 5.32 Å². The summed E-state index contributed by atoms with van der Waals surface area (Å²) in [7, 11) is 2.38. The Morgan fingerprint density at radius 1 is 1.25 bits per heavy atom. The van der Waals surface area contributed by atoms with Crippen molar-refractivity contribution in [3.05, 3.63) is 38.0 Å². The summed E-state index contributed by atoms with van der Waals surface area (Å²) in [6, 6.07) is -0.915. The zero-order valence-corrected chi connectivity index (χ0v) is 16.6. The average molecular weight is 410 g/mol. The van der Waals surface area contributed by atoms with E-state index in [0.717, 1.165) is 22.2 Å². The standard InChI is InChI=1S/C16H18N4O7S/c1-7-11(15(22)26-4)14(28-12(7)16(23)27-5)17-13(21)9(3)19-6-10(20(24)25)8(2)18-19/h6,9H,1-5H3,(H,17,21). The molecule has 0 aliphatic carbocycles. The molecule has 0 saturated carbocycles. The fraction of sp³-hybridized carbons (Fsp3) is 0.375. The minimum Gasteiger partial charge on any atom is -0.465 e. The summed E-state index contributed by atoms with van der Waals surface area (Å²) >= 11 is 0.871. The lowest BCUT2D eigenvalue weighted by Gasteiger charge is -2.12. The van der Waals surface area contributed by atoms with Crippen molar-refractivity contribution in [3.8, 4) is 0 Å². The van der Waals surface area contributed by atoms with Crippen LogP contribution in [0, 0.1) is 24.0 Å². The Labute approximate surface area is 163 Å². The molecule has 0 radical (unpaired) electrons. The molecule has 28 heavy (non-hydrogen) atoms. The number of rotatable bonds is 6. The van der Waals surface area contributed by atoms with Crippen LogP contribution in [-0.4, -0.2) is 46.8 Å². The van der Waals surface area contributed by atoms with E-state index in [1.807, 2.05) is 0 Å². The quantitative estimate of drug-likeness (QED) is 0.434. The second-order valence-corrected chi connectivity index (χ2v) is 6.77. The number of carbonyl (C=O) groups is 3. The lowest BCUT2D eigenvalue weighted by Crippen LogP contribution is -2.24. The molecule has 2 aromatic rings. The lowest BCUT2D eigenvalue weighted by atomic mass is 10.1. The Balaban J connectivity index is 2.37. The van der Waals surface area contributed by atoms with E-state index in [1.54, 1.807) is 0 Å². The van der Waals surface area contributed by atoms with E-state index < -0.39 is 28.8 Å². The summed E-state index contributed by atoms with van der Waals surface area (Å²) in [6.45, 7) is 4.49. The molecular formula is C16H18N4O7S. The molecule has 1 unspecified atom stereocenters. The van der Waals surface area contributed by atoms with Crippen molar-refractivity contribution in [2.24, 2.45) is 0 Å². The molecule has 0 aromatic carbocycles. The molecule has 1 amide bonds. The molecule has 0 aliphatic rings. The van der Waals surface area contributed by atoms with Gasteiger partial charge in [0.25, 0.3) is 0 Å². The van der Waals surface area contributed by atoms with Gasteiger partial charge in [0.1, 0.15) is 27.8 Å². The zero-order chi connectivity index (χ0) is 21.2. The van der Waals surface area contributed by atoms with Crippen molar-refractivity contribution in [2.45, 2.75) is 26.8 Å². The first-order valence-electron chi connectivity index (χ1n) is 7.93. The van der Waals surface area contributed by atoms with Gasteiger partial charge in [-0.1, -0.05) is 0 Å². The molecule has 1 atom stereocenters. The first-order valence-corrected chi connectivity index (χ1v) is 8.75. The Morgan fingerprint density at radius 3 is 2.36 bits per heavy atom. The van der Waals surface area contributed by atoms with E-state index in [-0.39, 0.29) is 26.8 Å². The molecule has 0 saturated heterocycles. The van der Waals surface area contributed by atoms with Crippen molar-refractivity contribution < 1.29 is 28.8 Å². The fourth-order valence-corrected chi connectivity index (χ4v) is 3.54. The maximum atomic E-state index is 12.6. The van der Waals surface area contributed by atoms with Crippen molar-refractivity contribution in [1.82, 2.24) is 9.78 Å². The van der Waals surface area contributed by atoms with E-state index in [9.17, 15) is 24.5 Å². The van der Waals surface area contributed by atoms with E-state index in [1.165, 1.54) is 35.0 Å². The number of nitro groups is 1. The van der Waals surface area contributed by atoms with Gasteiger partial charge in [0, 0.05) is 0 Å². The van der Waals surface area contributed by atoms with Crippen molar-refractivity contribution in [2.75, 3.05) is 19.5 Å². The monoisotopic (exact) mass is 410 g/mol. The highest BCUT2D eigenvalue weighted by atomic mass is 32.1. The Kier molecular flexibility index (Phi) is 6.13. The molecule has 0 spiro atoms. The second-order valence-electron chi connectivity index (χ2n) is 5.75. The topological polar surface area (TPSA) is 143 Å². The molecule has 11 nitrogen and oxygen atoms in total. The number of amides is 1.